The Balaban J connectivity index is 1.31. The number of fused-ring (bicyclic) bond motifs is 1. The Hall–Kier alpha value is -2.04. The van der Waals surface area contributed by atoms with E-state index in [1.165, 1.54) is 5.56 Å². The molecule has 2 heterocycles. The smallest absolute Gasteiger partial charge is 0.321 e. The van der Waals surface area contributed by atoms with E-state index in [-0.39, 0.29) is 6.03 Å². The molecule has 1 N–H and O–H groups in total. The topological polar surface area (TPSA) is 35.6 Å². The van der Waals surface area contributed by atoms with Crippen molar-refractivity contribution in [1.29, 1.82) is 0 Å². The summed E-state index contributed by atoms with van der Waals surface area (Å²) in [6.07, 6.45) is 0. The standard InChI is InChI=1S/C20H22ClN3O/c21-18-6-4-5-15(9-18)10-23-11-16-13-24(14-17(16)12-23)20(25)22-19-7-2-1-3-8-19/h1-9,16-17H,10-14H2,(H,22,25)/t16-,17+. The molecule has 2 aliphatic rings. The molecule has 4 nitrogen and oxygen atoms in total. The van der Waals surface area contributed by atoms with E-state index in [4.69, 9.17) is 11.6 Å². The van der Waals surface area contributed by atoms with Crippen LogP contribution in [0.3, 0.4) is 0 Å². The van der Waals surface area contributed by atoms with E-state index < -0.39 is 0 Å². The van der Waals surface area contributed by atoms with Gasteiger partial charge in [-0.3, -0.25) is 4.90 Å². The molecule has 2 amide bonds. The van der Waals surface area contributed by atoms with E-state index in [0.29, 0.717) is 11.8 Å². The van der Waals surface area contributed by atoms with Crippen molar-refractivity contribution in [2.75, 3.05) is 31.5 Å². The van der Waals surface area contributed by atoms with Crippen LogP contribution in [0.1, 0.15) is 5.56 Å². The quantitative estimate of drug-likeness (QED) is 0.905. The van der Waals surface area contributed by atoms with Gasteiger partial charge in [-0.15, -0.1) is 0 Å². The summed E-state index contributed by atoms with van der Waals surface area (Å²) in [7, 11) is 0. The highest BCUT2D eigenvalue weighted by Gasteiger charge is 2.41. The molecule has 2 aromatic rings. The maximum Gasteiger partial charge on any atom is 0.321 e. The third-order valence-corrected chi connectivity index (χ3v) is 5.40. The second kappa shape index (κ2) is 7.06. The highest BCUT2D eigenvalue weighted by atomic mass is 35.5. The van der Waals surface area contributed by atoms with Crippen LogP contribution >= 0.6 is 11.6 Å². The predicted molar refractivity (Wildman–Crippen MR) is 101 cm³/mol. The fourth-order valence-electron chi connectivity index (χ4n) is 4.00. The molecular weight excluding hydrogens is 334 g/mol. The van der Waals surface area contributed by atoms with E-state index in [1.807, 2.05) is 53.4 Å². The lowest BCUT2D eigenvalue weighted by atomic mass is 10.0. The van der Waals surface area contributed by atoms with Gasteiger partial charge >= 0.3 is 6.03 Å². The van der Waals surface area contributed by atoms with Gasteiger partial charge in [0.1, 0.15) is 0 Å². The van der Waals surface area contributed by atoms with Gasteiger partial charge in [0, 0.05) is 43.4 Å². The molecule has 2 fully saturated rings. The monoisotopic (exact) mass is 355 g/mol. The number of benzene rings is 2. The van der Waals surface area contributed by atoms with Crippen molar-refractivity contribution < 1.29 is 4.79 Å². The summed E-state index contributed by atoms with van der Waals surface area (Å²) in [6, 6.07) is 17.7. The molecule has 5 heteroatoms. The van der Waals surface area contributed by atoms with Gasteiger partial charge in [0.2, 0.25) is 0 Å². The number of hydrogen-bond donors (Lipinski definition) is 1. The SMILES string of the molecule is O=C(Nc1ccccc1)N1C[C@H]2CN(Cc3cccc(Cl)c3)C[C@H]2C1. The van der Waals surface area contributed by atoms with Crippen molar-refractivity contribution in [2.45, 2.75) is 6.54 Å². The first-order chi connectivity index (χ1) is 12.2. The summed E-state index contributed by atoms with van der Waals surface area (Å²) >= 11 is 6.08. The molecule has 0 radical (unpaired) electrons. The van der Waals surface area contributed by atoms with Crippen molar-refractivity contribution in [1.82, 2.24) is 9.80 Å². The number of halogens is 1. The molecule has 2 aliphatic heterocycles. The molecule has 2 saturated heterocycles. The first-order valence-corrected chi connectivity index (χ1v) is 9.13. The molecule has 2 aromatic carbocycles. The zero-order chi connectivity index (χ0) is 17.2. The van der Waals surface area contributed by atoms with Gasteiger partial charge in [-0.05, 0) is 41.7 Å². The predicted octanol–water partition coefficient (Wildman–Crippen LogP) is 3.94. The molecule has 0 saturated carbocycles. The average Bonchev–Trinajstić information content (AvgIpc) is 3.14. The normalized spacial score (nSPS) is 22.8. The van der Waals surface area contributed by atoms with Crippen molar-refractivity contribution in [3.63, 3.8) is 0 Å². The van der Waals surface area contributed by atoms with Crippen LogP contribution in [0.25, 0.3) is 0 Å². The maximum atomic E-state index is 12.4. The Labute approximate surface area is 153 Å². The van der Waals surface area contributed by atoms with Gasteiger partial charge in [-0.2, -0.15) is 0 Å². The third-order valence-electron chi connectivity index (χ3n) is 5.17. The Morgan fingerprint density at radius 3 is 2.40 bits per heavy atom. The minimum absolute atomic E-state index is 0.0157. The van der Waals surface area contributed by atoms with E-state index in [1.54, 1.807) is 0 Å². The molecule has 130 valence electrons. The van der Waals surface area contributed by atoms with Crippen LogP contribution in [-0.4, -0.2) is 42.0 Å². The number of carbonyl (C=O) groups excluding carboxylic acids is 1. The summed E-state index contributed by atoms with van der Waals surface area (Å²) < 4.78 is 0. The summed E-state index contributed by atoms with van der Waals surface area (Å²) in [5, 5.41) is 3.78. The summed E-state index contributed by atoms with van der Waals surface area (Å²) in [5.74, 6) is 1.14. The Morgan fingerprint density at radius 1 is 1.00 bits per heavy atom. The number of amides is 2. The highest BCUT2D eigenvalue weighted by Crippen LogP contribution is 2.32. The zero-order valence-electron chi connectivity index (χ0n) is 14.1. The molecule has 4 rings (SSSR count). The number of anilines is 1. The Bertz CT molecular complexity index is 738. The van der Waals surface area contributed by atoms with Crippen LogP contribution < -0.4 is 5.32 Å². The molecule has 0 unspecified atom stereocenters. The van der Waals surface area contributed by atoms with E-state index >= 15 is 0 Å². The van der Waals surface area contributed by atoms with Gasteiger partial charge in [0.25, 0.3) is 0 Å². The molecule has 0 aromatic heterocycles. The molecular formula is C20H22ClN3O. The van der Waals surface area contributed by atoms with Crippen LogP contribution in [-0.2, 0) is 6.54 Å². The van der Waals surface area contributed by atoms with Crippen molar-refractivity contribution in [3.8, 4) is 0 Å². The highest BCUT2D eigenvalue weighted by molar-refractivity contribution is 6.30. The van der Waals surface area contributed by atoms with Crippen molar-refractivity contribution in [2.24, 2.45) is 11.8 Å². The van der Waals surface area contributed by atoms with E-state index in [9.17, 15) is 4.79 Å². The molecule has 0 spiro atoms. The lowest BCUT2D eigenvalue weighted by molar-refractivity contribution is 0.212. The van der Waals surface area contributed by atoms with Gasteiger partial charge in [0.15, 0.2) is 0 Å². The first kappa shape index (κ1) is 16.4. The number of likely N-dealkylation sites (tertiary alicyclic amines) is 2. The number of carbonyl (C=O) groups is 1. The Morgan fingerprint density at radius 2 is 1.72 bits per heavy atom. The maximum absolute atomic E-state index is 12.4. The van der Waals surface area contributed by atoms with Crippen LogP contribution in [0.2, 0.25) is 5.02 Å². The fourth-order valence-corrected chi connectivity index (χ4v) is 4.22. The summed E-state index contributed by atoms with van der Waals surface area (Å²) in [5.41, 5.74) is 2.11. The summed E-state index contributed by atoms with van der Waals surface area (Å²) in [4.78, 5) is 16.9. The van der Waals surface area contributed by atoms with Crippen LogP contribution in [0.5, 0.6) is 0 Å². The zero-order valence-corrected chi connectivity index (χ0v) is 14.8. The Kier molecular flexibility index (Phi) is 4.64. The number of nitrogens with one attached hydrogen (secondary N) is 1. The molecule has 0 aliphatic carbocycles. The molecule has 25 heavy (non-hydrogen) atoms. The number of rotatable bonds is 3. The fraction of sp³-hybridized carbons (Fsp3) is 0.350. The van der Waals surface area contributed by atoms with Crippen LogP contribution in [0, 0.1) is 11.8 Å². The third kappa shape index (κ3) is 3.80. The van der Waals surface area contributed by atoms with E-state index in [2.05, 4.69) is 16.3 Å². The number of para-hydroxylation sites is 1. The number of hydrogen-bond acceptors (Lipinski definition) is 2. The van der Waals surface area contributed by atoms with Gasteiger partial charge in [-0.25, -0.2) is 4.79 Å². The number of nitrogens with zero attached hydrogens (tertiary/aromatic N) is 2. The minimum atomic E-state index is 0.0157. The van der Waals surface area contributed by atoms with E-state index in [0.717, 1.165) is 43.4 Å². The first-order valence-electron chi connectivity index (χ1n) is 8.75. The second-order valence-electron chi connectivity index (χ2n) is 7.05. The van der Waals surface area contributed by atoms with Crippen LogP contribution in [0.15, 0.2) is 54.6 Å². The molecule has 0 bridgehead atoms. The minimum Gasteiger partial charge on any atom is -0.324 e. The second-order valence-corrected chi connectivity index (χ2v) is 7.48. The largest absolute Gasteiger partial charge is 0.324 e. The lowest BCUT2D eigenvalue weighted by Gasteiger charge is -2.22. The number of urea groups is 1. The van der Waals surface area contributed by atoms with Gasteiger partial charge in [0.05, 0.1) is 0 Å². The average molecular weight is 356 g/mol. The van der Waals surface area contributed by atoms with Gasteiger partial charge < -0.3 is 10.2 Å². The lowest BCUT2D eigenvalue weighted by Crippen LogP contribution is -2.36. The van der Waals surface area contributed by atoms with Crippen molar-refractivity contribution >= 4 is 23.3 Å². The summed E-state index contributed by atoms with van der Waals surface area (Å²) in [6.45, 7) is 4.72. The molecule has 2 atom stereocenters. The van der Waals surface area contributed by atoms with Crippen molar-refractivity contribution in [3.05, 3.63) is 65.2 Å². The van der Waals surface area contributed by atoms with Gasteiger partial charge in [-0.1, -0.05) is 41.9 Å². The van der Waals surface area contributed by atoms with Crippen LogP contribution in [0.4, 0.5) is 10.5 Å².